The SMILES string of the molecule is CCN(c1cccc(SC)c1/C(N)=N/O)C(C)COC. The van der Waals surface area contributed by atoms with Gasteiger partial charge >= 0.3 is 0 Å². The minimum atomic E-state index is 0.132. The summed E-state index contributed by atoms with van der Waals surface area (Å²) in [6.07, 6.45) is 1.97. The number of anilines is 1. The lowest BCUT2D eigenvalue weighted by molar-refractivity contribution is 0.182. The highest BCUT2D eigenvalue weighted by Crippen LogP contribution is 2.30. The van der Waals surface area contributed by atoms with Gasteiger partial charge in [-0.25, -0.2) is 0 Å². The van der Waals surface area contributed by atoms with Gasteiger partial charge < -0.3 is 20.6 Å². The molecule has 0 spiro atoms. The van der Waals surface area contributed by atoms with Crippen LogP contribution < -0.4 is 10.6 Å². The summed E-state index contributed by atoms with van der Waals surface area (Å²) in [6.45, 7) is 5.60. The third kappa shape index (κ3) is 3.58. The second kappa shape index (κ2) is 8.01. The summed E-state index contributed by atoms with van der Waals surface area (Å²) in [5.74, 6) is 0.132. The molecule has 0 saturated heterocycles. The molecule has 1 unspecified atom stereocenters. The molecule has 0 fully saturated rings. The number of methoxy groups -OCH3 is 1. The Morgan fingerprint density at radius 1 is 1.55 bits per heavy atom. The number of amidine groups is 1. The second-order valence-electron chi connectivity index (χ2n) is 4.43. The van der Waals surface area contributed by atoms with Crippen molar-refractivity contribution in [2.45, 2.75) is 24.8 Å². The predicted octanol–water partition coefficient (Wildman–Crippen LogP) is 2.36. The van der Waals surface area contributed by atoms with Crippen LogP contribution >= 0.6 is 11.8 Å². The van der Waals surface area contributed by atoms with Gasteiger partial charge in [0, 0.05) is 30.3 Å². The third-order valence-electron chi connectivity index (χ3n) is 3.18. The molecule has 0 aliphatic heterocycles. The molecule has 3 N–H and O–H groups in total. The zero-order chi connectivity index (χ0) is 15.1. The highest BCUT2D eigenvalue weighted by Gasteiger charge is 2.20. The first-order valence-electron chi connectivity index (χ1n) is 6.51. The maximum atomic E-state index is 9.04. The fourth-order valence-electron chi connectivity index (χ4n) is 2.29. The number of nitrogens with zero attached hydrogens (tertiary/aromatic N) is 2. The van der Waals surface area contributed by atoms with Crippen LogP contribution in [0.4, 0.5) is 5.69 Å². The van der Waals surface area contributed by atoms with Gasteiger partial charge in [0.25, 0.3) is 0 Å². The molecule has 0 aliphatic rings. The quantitative estimate of drug-likeness (QED) is 0.266. The van der Waals surface area contributed by atoms with Crippen LogP contribution in [0.25, 0.3) is 0 Å². The van der Waals surface area contributed by atoms with E-state index in [0.29, 0.717) is 6.61 Å². The van der Waals surface area contributed by atoms with E-state index < -0.39 is 0 Å². The summed E-state index contributed by atoms with van der Waals surface area (Å²) in [5, 5.41) is 12.2. The largest absolute Gasteiger partial charge is 0.409 e. The number of benzene rings is 1. The second-order valence-corrected chi connectivity index (χ2v) is 5.28. The lowest BCUT2D eigenvalue weighted by atomic mass is 10.1. The summed E-state index contributed by atoms with van der Waals surface area (Å²) in [7, 11) is 1.69. The highest BCUT2D eigenvalue weighted by atomic mass is 32.2. The average molecular weight is 297 g/mol. The minimum Gasteiger partial charge on any atom is -0.409 e. The van der Waals surface area contributed by atoms with Crippen LogP contribution in [0.2, 0.25) is 0 Å². The first-order chi connectivity index (χ1) is 9.60. The summed E-state index contributed by atoms with van der Waals surface area (Å²) in [4.78, 5) is 3.18. The third-order valence-corrected chi connectivity index (χ3v) is 3.96. The van der Waals surface area contributed by atoms with Crippen LogP contribution in [0.5, 0.6) is 0 Å². The summed E-state index contributed by atoms with van der Waals surface area (Å²) in [5.41, 5.74) is 7.60. The number of hydrogen-bond acceptors (Lipinski definition) is 5. The average Bonchev–Trinajstić information content (AvgIpc) is 2.47. The van der Waals surface area contributed by atoms with Crippen molar-refractivity contribution in [3.63, 3.8) is 0 Å². The highest BCUT2D eigenvalue weighted by molar-refractivity contribution is 7.98. The van der Waals surface area contributed by atoms with E-state index in [1.54, 1.807) is 18.9 Å². The molecule has 0 saturated carbocycles. The topological polar surface area (TPSA) is 71.1 Å². The molecule has 0 aromatic heterocycles. The molecule has 6 heteroatoms. The Hall–Kier alpha value is -1.40. The molecule has 20 heavy (non-hydrogen) atoms. The van der Waals surface area contributed by atoms with Crippen LogP contribution in [-0.2, 0) is 4.74 Å². The number of thioether (sulfide) groups is 1. The number of oxime groups is 1. The maximum absolute atomic E-state index is 9.04. The first-order valence-corrected chi connectivity index (χ1v) is 7.73. The Bertz CT molecular complexity index is 466. The Morgan fingerprint density at radius 2 is 2.25 bits per heavy atom. The molecule has 112 valence electrons. The van der Waals surface area contributed by atoms with Crippen molar-refractivity contribution >= 4 is 23.3 Å². The Morgan fingerprint density at radius 3 is 2.75 bits per heavy atom. The maximum Gasteiger partial charge on any atom is 0.173 e. The van der Waals surface area contributed by atoms with Crippen LogP contribution in [0, 0.1) is 0 Å². The Balaban J connectivity index is 3.34. The van der Waals surface area contributed by atoms with E-state index in [9.17, 15) is 0 Å². The molecule has 0 amide bonds. The first kappa shape index (κ1) is 16.7. The molecule has 0 heterocycles. The van der Waals surface area contributed by atoms with Gasteiger partial charge in [0.05, 0.1) is 12.2 Å². The van der Waals surface area contributed by atoms with Crippen molar-refractivity contribution in [3.8, 4) is 0 Å². The zero-order valence-electron chi connectivity index (χ0n) is 12.5. The van der Waals surface area contributed by atoms with E-state index in [0.717, 1.165) is 22.7 Å². The number of nitrogens with two attached hydrogens (primary N) is 1. The van der Waals surface area contributed by atoms with Gasteiger partial charge in [-0.2, -0.15) is 0 Å². The van der Waals surface area contributed by atoms with Crippen molar-refractivity contribution in [1.82, 2.24) is 0 Å². The van der Waals surface area contributed by atoms with Crippen molar-refractivity contribution < 1.29 is 9.94 Å². The molecule has 0 aliphatic carbocycles. The van der Waals surface area contributed by atoms with E-state index in [1.807, 2.05) is 24.5 Å². The van der Waals surface area contributed by atoms with E-state index in [-0.39, 0.29) is 11.9 Å². The summed E-state index contributed by atoms with van der Waals surface area (Å²) >= 11 is 1.58. The molecule has 1 aromatic rings. The standard InChI is InChI=1S/C14H23N3O2S/c1-5-17(10(2)9-19-3)11-7-6-8-12(20-4)13(11)14(15)16-18/h6-8,10,18H,5,9H2,1-4H3,(H2,15,16). The van der Waals surface area contributed by atoms with Crippen molar-refractivity contribution in [1.29, 1.82) is 0 Å². The predicted molar refractivity (Wildman–Crippen MR) is 85.1 cm³/mol. The van der Waals surface area contributed by atoms with Crippen molar-refractivity contribution in [3.05, 3.63) is 23.8 Å². The lowest BCUT2D eigenvalue weighted by Crippen LogP contribution is -2.37. The van der Waals surface area contributed by atoms with E-state index in [4.69, 9.17) is 15.7 Å². The molecule has 1 rings (SSSR count). The van der Waals surface area contributed by atoms with Gasteiger partial charge in [-0.1, -0.05) is 11.2 Å². The Kier molecular flexibility index (Phi) is 6.67. The van der Waals surface area contributed by atoms with Gasteiger partial charge in [0.2, 0.25) is 0 Å². The lowest BCUT2D eigenvalue weighted by Gasteiger charge is -2.32. The molecular formula is C14H23N3O2S. The van der Waals surface area contributed by atoms with Gasteiger partial charge in [-0.15, -0.1) is 11.8 Å². The van der Waals surface area contributed by atoms with Crippen LogP contribution in [0.15, 0.2) is 28.3 Å². The van der Waals surface area contributed by atoms with Gasteiger partial charge in [-0.3, -0.25) is 0 Å². The number of rotatable bonds is 7. The zero-order valence-corrected chi connectivity index (χ0v) is 13.3. The van der Waals surface area contributed by atoms with E-state index in [2.05, 4.69) is 23.9 Å². The molecular weight excluding hydrogens is 274 g/mol. The van der Waals surface area contributed by atoms with E-state index >= 15 is 0 Å². The van der Waals surface area contributed by atoms with Crippen LogP contribution in [0.1, 0.15) is 19.4 Å². The molecule has 1 atom stereocenters. The van der Waals surface area contributed by atoms with Crippen molar-refractivity contribution in [2.75, 3.05) is 31.4 Å². The normalized spacial score (nSPS) is 13.3. The molecule has 1 aromatic carbocycles. The molecule has 5 nitrogen and oxygen atoms in total. The fraction of sp³-hybridized carbons (Fsp3) is 0.500. The number of ether oxygens (including phenoxy) is 1. The minimum absolute atomic E-state index is 0.132. The van der Waals surface area contributed by atoms with Gasteiger partial charge in [-0.05, 0) is 32.2 Å². The monoisotopic (exact) mass is 297 g/mol. The van der Waals surface area contributed by atoms with E-state index in [1.165, 1.54) is 0 Å². The van der Waals surface area contributed by atoms with Crippen LogP contribution in [0.3, 0.4) is 0 Å². The Labute approximate surface area is 124 Å². The van der Waals surface area contributed by atoms with Gasteiger partial charge in [0.15, 0.2) is 5.84 Å². The van der Waals surface area contributed by atoms with Crippen molar-refractivity contribution in [2.24, 2.45) is 10.9 Å². The molecule has 0 bridgehead atoms. The smallest absolute Gasteiger partial charge is 0.173 e. The molecule has 0 radical (unpaired) electrons. The van der Waals surface area contributed by atoms with Gasteiger partial charge in [0.1, 0.15) is 0 Å². The fourth-order valence-corrected chi connectivity index (χ4v) is 2.91. The number of hydrogen-bond donors (Lipinski definition) is 2. The summed E-state index contributed by atoms with van der Waals surface area (Å²) in [6, 6.07) is 6.14. The van der Waals surface area contributed by atoms with Crippen LogP contribution in [-0.4, -0.2) is 43.6 Å². The summed E-state index contributed by atoms with van der Waals surface area (Å²) < 4.78 is 5.23. The number of likely N-dealkylation sites (N-methyl/N-ethyl adjacent to an activating group) is 1.